The van der Waals surface area contributed by atoms with Crippen molar-refractivity contribution in [1.82, 2.24) is 16.0 Å². The Kier molecular flexibility index (Phi) is 13.2. The number of hydrogen-bond donors (Lipinski definition) is 3. The van der Waals surface area contributed by atoms with Gasteiger partial charge in [0.1, 0.15) is 23.9 Å². The van der Waals surface area contributed by atoms with Crippen LogP contribution in [0.1, 0.15) is 66.4 Å². The molecule has 2 amide bonds. The minimum absolute atomic E-state index is 0.126. The third kappa shape index (κ3) is 15.9. The smallest absolute Gasteiger partial charge is 0.414 e. The Labute approximate surface area is 220 Å². The lowest BCUT2D eigenvalue weighted by atomic mass is 10.1. The molecule has 0 bridgehead atoms. The highest BCUT2D eigenvalue weighted by atomic mass is 16.6. The molecule has 0 radical (unpaired) electrons. The molecule has 0 unspecified atom stereocenters. The lowest BCUT2D eigenvalue weighted by molar-refractivity contribution is -0.157. The summed E-state index contributed by atoms with van der Waals surface area (Å²) in [5, 5.41) is 8.25. The zero-order valence-corrected chi connectivity index (χ0v) is 22.9. The number of nitrogens with zero attached hydrogens (tertiary/aromatic N) is 1. The summed E-state index contributed by atoms with van der Waals surface area (Å²) in [5.74, 6) is -0.310. The van der Waals surface area contributed by atoms with E-state index in [1.165, 1.54) is 0 Å². The van der Waals surface area contributed by atoms with Crippen LogP contribution in [0.15, 0.2) is 48.0 Å². The van der Waals surface area contributed by atoms with Gasteiger partial charge in [-0.3, -0.25) is 10.3 Å². The molecule has 0 aliphatic rings. The van der Waals surface area contributed by atoms with Crippen LogP contribution in [0, 0.1) is 0 Å². The number of alkyl carbamates (subject to hydrolysis) is 2. The summed E-state index contributed by atoms with van der Waals surface area (Å²) < 4.78 is 16.0. The minimum atomic E-state index is -0.902. The maximum Gasteiger partial charge on any atom is 0.414 e. The topological polar surface area (TPSA) is 127 Å². The Balaban J connectivity index is 2.69. The van der Waals surface area contributed by atoms with Crippen LogP contribution in [0.4, 0.5) is 9.59 Å². The van der Waals surface area contributed by atoms with E-state index < -0.39 is 35.4 Å². The first-order valence-corrected chi connectivity index (χ1v) is 12.4. The van der Waals surface area contributed by atoms with E-state index in [-0.39, 0.29) is 19.0 Å². The van der Waals surface area contributed by atoms with E-state index in [4.69, 9.17) is 14.2 Å². The predicted octanol–water partition coefficient (Wildman–Crippen LogP) is 4.45. The summed E-state index contributed by atoms with van der Waals surface area (Å²) in [6.07, 6.45) is 1.74. The molecule has 3 N–H and O–H groups in total. The molecule has 0 fully saturated rings. The van der Waals surface area contributed by atoms with Gasteiger partial charge in [0.2, 0.25) is 5.96 Å². The number of ether oxygens (including phenoxy) is 3. The molecule has 206 valence electrons. The van der Waals surface area contributed by atoms with Crippen LogP contribution < -0.4 is 16.0 Å². The van der Waals surface area contributed by atoms with E-state index in [9.17, 15) is 14.4 Å². The molecule has 0 heterocycles. The third-order valence-corrected chi connectivity index (χ3v) is 4.38. The number of esters is 1. The van der Waals surface area contributed by atoms with Gasteiger partial charge < -0.3 is 24.8 Å². The number of rotatable bonds is 11. The molecule has 1 aromatic rings. The van der Waals surface area contributed by atoms with Gasteiger partial charge in [0.05, 0.1) is 0 Å². The molecule has 10 heteroatoms. The normalized spacial score (nSPS) is 12.6. The Morgan fingerprint density at radius 3 is 2.24 bits per heavy atom. The summed E-state index contributed by atoms with van der Waals surface area (Å²) in [7, 11) is 0. The molecule has 37 heavy (non-hydrogen) atoms. The Hall–Kier alpha value is -3.56. The van der Waals surface area contributed by atoms with Crippen molar-refractivity contribution >= 4 is 24.1 Å². The van der Waals surface area contributed by atoms with Crippen LogP contribution in [0.3, 0.4) is 0 Å². The number of hydrogen-bond acceptors (Lipinski definition) is 7. The summed E-state index contributed by atoms with van der Waals surface area (Å²) in [4.78, 5) is 41.5. The molecule has 1 atom stereocenters. The molecule has 1 aromatic carbocycles. The maximum atomic E-state index is 12.7. The second kappa shape index (κ2) is 15.5. The van der Waals surface area contributed by atoms with Crippen LogP contribution >= 0.6 is 0 Å². The first kappa shape index (κ1) is 31.5. The monoisotopic (exact) mass is 518 g/mol. The fraction of sp³-hybridized carbons (Fsp3) is 0.556. The van der Waals surface area contributed by atoms with E-state index in [1.54, 1.807) is 47.6 Å². The number of guanidine groups is 1. The fourth-order valence-corrected chi connectivity index (χ4v) is 2.85. The van der Waals surface area contributed by atoms with Crippen molar-refractivity contribution in [2.24, 2.45) is 4.99 Å². The summed E-state index contributed by atoms with van der Waals surface area (Å²) in [6.45, 7) is 15.1. The van der Waals surface area contributed by atoms with E-state index >= 15 is 0 Å². The van der Waals surface area contributed by atoms with Crippen molar-refractivity contribution < 1.29 is 28.6 Å². The first-order valence-electron chi connectivity index (χ1n) is 12.4. The van der Waals surface area contributed by atoms with Crippen molar-refractivity contribution in [2.45, 2.75) is 84.7 Å². The van der Waals surface area contributed by atoms with Crippen LogP contribution in [-0.2, 0) is 25.6 Å². The first-order chi connectivity index (χ1) is 17.3. The van der Waals surface area contributed by atoms with Gasteiger partial charge in [0.25, 0.3) is 0 Å². The van der Waals surface area contributed by atoms with Gasteiger partial charge >= 0.3 is 18.2 Å². The highest BCUT2D eigenvalue weighted by Crippen LogP contribution is 2.12. The second-order valence-corrected chi connectivity index (χ2v) is 10.3. The Bertz CT molecular complexity index is 904. The lowest BCUT2D eigenvalue weighted by Gasteiger charge is -2.26. The Morgan fingerprint density at radius 2 is 1.65 bits per heavy atom. The van der Waals surface area contributed by atoms with Crippen LogP contribution in [0.2, 0.25) is 0 Å². The van der Waals surface area contributed by atoms with E-state index in [2.05, 4.69) is 27.5 Å². The minimum Gasteiger partial charge on any atom is -0.458 e. The number of nitrogens with one attached hydrogen (secondary N) is 3. The SMILES string of the molecule is C=CCCN=C(NCCC[C@H](NC(=O)OC(C)(C)C)C(=O)OC(C)(C)C)NC(=O)OCc1ccccc1. The Morgan fingerprint density at radius 1 is 1.00 bits per heavy atom. The lowest BCUT2D eigenvalue weighted by Crippen LogP contribution is -2.46. The number of amides is 2. The van der Waals surface area contributed by atoms with Crippen molar-refractivity contribution in [1.29, 1.82) is 0 Å². The molecule has 10 nitrogen and oxygen atoms in total. The molecule has 0 saturated carbocycles. The molecule has 1 rings (SSSR count). The van der Waals surface area contributed by atoms with E-state index in [0.29, 0.717) is 25.9 Å². The summed E-state index contributed by atoms with van der Waals surface area (Å²) in [6, 6.07) is 8.42. The molecule has 0 aliphatic heterocycles. The zero-order valence-electron chi connectivity index (χ0n) is 22.9. The largest absolute Gasteiger partial charge is 0.458 e. The number of aliphatic imine (C=N–C) groups is 1. The van der Waals surface area contributed by atoms with Gasteiger partial charge in [-0.1, -0.05) is 36.4 Å². The van der Waals surface area contributed by atoms with Gasteiger partial charge in [-0.25, -0.2) is 14.4 Å². The highest BCUT2D eigenvalue weighted by Gasteiger charge is 2.28. The second-order valence-electron chi connectivity index (χ2n) is 10.3. The van der Waals surface area contributed by atoms with Gasteiger partial charge in [-0.05, 0) is 66.4 Å². The molecule has 0 saturated heterocycles. The van der Waals surface area contributed by atoms with Gasteiger partial charge in [-0.15, -0.1) is 6.58 Å². The van der Waals surface area contributed by atoms with Crippen molar-refractivity contribution in [2.75, 3.05) is 13.1 Å². The van der Waals surface area contributed by atoms with Gasteiger partial charge in [0, 0.05) is 13.1 Å². The fourth-order valence-electron chi connectivity index (χ4n) is 2.85. The van der Waals surface area contributed by atoms with Crippen molar-refractivity contribution in [3.8, 4) is 0 Å². The molecular formula is C27H42N4O6. The number of carbonyl (C=O) groups excluding carboxylic acids is 3. The average molecular weight is 519 g/mol. The van der Waals surface area contributed by atoms with Crippen LogP contribution in [0.25, 0.3) is 0 Å². The van der Waals surface area contributed by atoms with Gasteiger partial charge in [-0.2, -0.15) is 0 Å². The number of carbonyl (C=O) groups is 3. The molecule has 0 aliphatic carbocycles. The maximum absolute atomic E-state index is 12.7. The summed E-state index contributed by atoms with van der Waals surface area (Å²) >= 11 is 0. The number of benzene rings is 1. The van der Waals surface area contributed by atoms with Gasteiger partial charge in [0.15, 0.2) is 0 Å². The quantitative estimate of drug-likeness (QED) is 0.0986. The predicted molar refractivity (Wildman–Crippen MR) is 143 cm³/mol. The highest BCUT2D eigenvalue weighted by molar-refractivity contribution is 5.93. The zero-order chi connectivity index (χ0) is 27.9. The van der Waals surface area contributed by atoms with E-state index in [0.717, 1.165) is 5.56 Å². The van der Waals surface area contributed by atoms with Crippen LogP contribution in [0.5, 0.6) is 0 Å². The third-order valence-electron chi connectivity index (χ3n) is 4.38. The standard InChI is InChI=1S/C27H42N4O6/c1-8-9-17-28-23(31-24(33)35-19-20-14-11-10-12-15-20)29-18-13-16-21(22(32)36-26(2,3)4)30-25(34)37-27(5,6)7/h8,10-12,14-15,21H,1,9,13,16-19H2,2-7H3,(H,30,34)(H2,28,29,31,33)/t21-/m0/s1. The molecule has 0 spiro atoms. The van der Waals surface area contributed by atoms with E-state index in [1.807, 2.05) is 30.3 Å². The summed E-state index contributed by atoms with van der Waals surface area (Å²) in [5.41, 5.74) is -0.554. The van der Waals surface area contributed by atoms with Crippen molar-refractivity contribution in [3.05, 3.63) is 48.6 Å². The molecular weight excluding hydrogens is 476 g/mol. The van der Waals surface area contributed by atoms with Crippen LogP contribution in [-0.4, -0.2) is 54.4 Å². The molecule has 0 aromatic heterocycles. The average Bonchev–Trinajstić information content (AvgIpc) is 2.78. The van der Waals surface area contributed by atoms with Crippen molar-refractivity contribution in [3.63, 3.8) is 0 Å².